The zero-order valence-electron chi connectivity index (χ0n) is 20.3. The molecule has 1 amide bonds. The lowest BCUT2D eigenvalue weighted by atomic mass is 9.94. The quantitative estimate of drug-likeness (QED) is 0.320. The summed E-state index contributed by atoms with van der Waals surface area (Å²) < 4.78 is 26.3. The summed E-state index contributed by atoms with van der Waals surface area (Å²) in [5, 5.41) is 2.96. The highest BCUT2D eigenvalue weighted by Gasteiger charge is 2.31. The van der Waals surface area contributed by atoms with E-state index >= 15 is 0 Å². The smallest absolute Gasteiger partial charge is 0.249 e. The van der Waals surface area contributed by atoms with Crippen LogP contribution in [0.15, 0.2) is 90.7 Å². The topological polar surface area (TPSA) is 92.3 Å². The third-order valence-electron chi connectivity index (χ3n) is 6.34. The second-order valence-corrected chi connectivity index (χ2v) is 10.9. The average molecular weight is 505 g/mol. The van der Waals surface area contributed by atoms with Gasteiger partial charge in [0.1, 0.15) is 11.9 Å². The van der Waals surface area contributed by atoms with Gasteiger partial charge in [-0.1, -0.05) is 86.0 Å². The number of carbonyl (C=O) groups is 1. The largest absolute Gasteiger partial charge is 0.351 e. The van der Waals surface area contributed by atoms with Crippen LogP contribution in [0.3, 0.4) is 0 Å². The van der Waals surface area contributed by atoms with Crippen LogP contribution in [0, 0.1) is 0 Å². The Morgan fingerprint density at radius 1 is 1.03 bits per heavy atom. The monoisotopic (exact) mass is 504 g/mol. The zero-order chi connectivity index (χ0) is 25.4. The van der Waals surface area contributed by atoms with E-state index in [9.17, 15) is 13.2 Å². The molecule has 1 heterocycles. The van der Waals surface area contributed by atoms with Gasteiger partial charge in [0.2, 0.25) is 20.9 Å². The number of aromatic nitrogens is 2. The third-order valence-corrected chi connectivity index (χ3v) is 7.81. The predicted molar refractivity (Wildman–Crippen MR) is 141 cm³/mol. The summed E-state index contributed by atoms with van der Waals surface area (Å²) in [5.41, 5.74) is 1.45. The van der Waals surface area contributed by atoms with Crippen molar-refractivity contribution in [3.05, 3.63) is 96.7 Å². The first-order valence-electron chi connectivity index (χ1n) is 12.3. The molecule has 1 aliphatic rings. The van der Waals surface area contributed by atoms with E-state index in [0.29, 0.717) is 17.9 Å². The van der Waals surface area contributed by atoms with Crippen LogP contribution in [0.5, 0.6) is 0 Å². The molecule has 188 valence electrons. The molecule has 1 fully saturated rings. The molecule has 0 radical (unpaired) electrons. The average Bonchev–Trinajstić information content (AvgIpc) is 2.90. The first-order valence-corrected chi connectivity index (χ1v) is 14.0. The van der Waals surface area contributed by atoms with Gasteiger partial charge in [0, 0.05) is 18.8 Å². The summed E-state index contributed by atoms with van der Waals surface area (Å²) in [6.07, 6.45) is 8.44. The van der Waals surface area contributed by atoms with Crippen LogP contribution in [0.4, 0.5) is 5.82 Å². The second kappa shape index (κ2) is 11.9. The van der Waals surface area contributed by atoms with Crippen molar-refractivity contribution in [2.45, 2.75) is 55.1 Å². The van der Waals surface area contributed by atoms with E-state index in [4.69, 9.17) is 0 Å². The molecule has 7 nitrogen and oxygen atoms in total. The van der Waals surface area contributed by atoms with E-state index in [2.05, 4.69) is 21.9 Å². The molecule has 1 aliphatic carbocycles. The standard InChI is InChI=1S/C28H32N4O3S/c1-2-20-32(25-18-19-29-28(31-25)36(34,35)21-22-12-6-3-7-13-22)26(23-14-8-4-9-15-23)27(33)30-24-16-10-5-11-17-24/h2-4,6-9,12-15,18-19,24,26H,1,5,10-11,16-17,20-21H2,(H,30,33). The van der Waals surface area contributed by atoms with Gasteiger partial charge in [0.15, 0.2) is 0 Å². The number of benzene rings is 2. The van der Waals surface area contributed by atoms with E-state index < -0.39 is 15.9 Å². The van der Waals surface area contributed by atoms with Crippen LogP contribution in [0.1, 0.15) is 49.3 Å². The van der Waals surface area contributed by atoms with Crippen LogP contribution in [0.2, 0.25) is 0 Å². The molecule has 0 spiro atoms. The maximum atomic E-state index is 13.7. The van der Waals surface area contributed by atoms with E-state index in [1.165, 1.54) is 12.6 Å². The Balaban J connectivity index is 1.68. The summed E-state index contributed by atoms with van der Waals surface area (Å²) in [4.78, 5) is 24.0. The highest BCUT2D eigenvalue weighted by Crippen LogP contribution is 2.28. The Hall–Kier alpha value is -3.52. The minimum Gasteiger partial charge on any atom is -0.351 e. The van der Waals surface area contributed by atoms with Gasteiger partial charge in [-0.25, -0.2) is 18.4 Å². The summed E-state index contributed by atoms with van der Waals surface area (Å²) >= 11 is 0. The number of amides is 1. The van der Waals surface area contributed by atoms with Crippen molar-refractivity contribution in [3.8, 4) is 0 Å². The molecular weight excluding hydrogens is 472 g/mol. The fourth-order valence-corrected chi connectivity index (χ4v) is 5.82. The fraction of sp³-hybridized carbons (Fsp3) is 0.321. The number of hydrogen-bond donors (Lipinski definition) is 1. The van der Waals surface area contributed by atoms with E-state index in [-0.39, 0.29) is 22.9 Å². The molecular formula is C28H32N4O3S. The van der Waals surface area contributed by atoms with Gasteiger partial charge >= 0.3 is 0 Å². The Morgan fingerprint density at radius 3 is 2.36 bits per heavy atom. The number of rotatable bonds is 10. The molecule has 0 bridgehead atoms. The van der Waals surface area contributed by atoms with Crippen LogP contribution in [-0.4, -0.2) is 36.9 Å². The van der Waals surface area contributed by atoms with Crippen LogP contribution in [-0.2, 0) is 20.4 Å². The molecule has 0 saturated heterocycles. The molecule has 4 rings (SSSR count). The molecule has 1 atom stereocenters. The van der Waals surface area contributed by atoms with Gasteiger partial charge in [-0.2, -0.15) is 0 Å². The normalized spacial score (nSPS) is 15.1. The minimum absolute atomic E-state index is 0.134. The second-order valence-electron chi connectivity index (χ2n) is 9.04. The van der Waals surface area contributed by atoms with Crippen LogP contribution >= 0.6 is 0 Å². The van der Waals surface area contributed by atoms with Gasteiger partial charge in [-0.05, 0) is 30.0 Å². The maximum Gasteiger partial charge on any atom is 0.249 e. The Bertz CT molecular complexity index is 1260. The van der Waals surface area contributed by atoms with Crippen molar-refractivity contribution in [1.82, 2.24) is 15.3 Å². The molecule has 3 aromatic rings. The summed E-state index contributed by atoms with van der Waals surface area (Å²) in [6.45, 7) is 4.17. The van der Waals surface area contributed by atoms with Crippen molar-refractivity contribution in [2.75, 3.05) is 11.4 Å². The lowest BCUT2D eigenvalue weighted by Gasteiger charge is -2.33. The fourth-order valence-electron chi connectivity index (χ4n) is 4.61. The van der Waals surface area contributed by atoms with Crippen LogP contribution < -0.4 is 10.2 Å². The summed E-state index contributed by atoms with van der Waals surface area (Å²) in [6, 6.07) is 19.5. The van der Waals surface area contributed by atoms with Crippen molar-refractivity contribution in [2.24, 2.45) is 0 Å². The van der Waals surface area contributed by atoms with E-state index in [1.54, 1.807) is 41.3 Å². The van der Waals surface area contributed by atoms with Crippen molar-refractivity contribution < 1.29 is 13.2 Å². The van der Waals surface area contributed by atoms with Gasteiger partial charge in [-0.3, -0.25) is 4.79 Å². The summed E-state index contributed by atoms with van der Waals surface area (Å²) in [7, 11) is -3.79. The number of sulfone groups is 1. The van der Waals surface area contributed by atoms with Gasteiger partial charge in [-0.15, -0.1) is 6.58 Å². The Morgan fingerprint density at radius 2 is 1.69 bits per heavy atom. The number of anilines is 1. The molecule has 36 heavy (non-hydrogen) atoms. The number of nitrogens with zero attached hydrogens (tertiary/aromatic N) is 3. The molecule has 1 aromatic heterocycles. The van der Waals surface area contributed by atoms with Gasteiger partial charge in [0.05, 0.1) is 5.75 Å². The highest BCUT2D eigenvalue weighted by molar-refractivity contribution is 7.90. The highest BCUT2D eigenvalue weighted by atomic mass is 32.2. The predicted octanol–water partition coefficient (Wildman–Crippen LogP) is 4.63. The third kappa shape index (κ3) is 6.37. The van der Waals surface area contributed by atoms with Crippen molar-refractivity contribution in [1.29, 1.82) is 0 Å². The Kier molecular flexibility index (Phi) is 8.48. The van der Waals surface area contributed by atoms with E-state index in [1.807, 2.05) is 36.4 Å². The lowest BCUT2D eigenvalue weighted by Crippen LogP contribution is -2.45. The minimum atomic E-state index is -3.79. The SMILES string of the molecule is C=CCN(c1ccnc(S(=O)(=O)Cc2ccccc2)n1)C(C(=O)NC1CCCCC1)c1ccccc1. The first-order chi connectivity index (χ1) is 17.5. The van der Waals surface area contributed by atoms with Crippen molar-refractivity contribution in [3.63, 3.8) is 0 Å². The Labute approximate surface area is 213 Å². The van der Waals surface area contributed by atoms with E-state index in [0.717, 1.165) is 31.2 Å². The summed E-state index contributed by atoms with van der Waals surface area (Å²) in [5.74, 6) is 0.00897. The van der Waals surface area contributed by atoms with Gasteiger partial charge < -0.3 is 10.2 Å². The molecule has 8 heteroatoms. The molecule has 1 N–H and O–H groups in total. The van der Waals surface area contributed by atoms with Crippen LogP contribution in [0.25, 0.3) is 0 Å². The zero-order valence-corrected chi connectivity index (χ0v) is 21.1. The molecule has 2 aromatic carbocycles. The number of nitrogens with one attached hydrogen (secondary N) is 1. The molecule has 0 aliphatic heterocycles. The molecule has 1 saturated carbocycles. The number of carbonyl (C=O) groups excluding carboxylic acids is 1. The lowest BCUT2D eigenvalue weighted by molar-refractivity contribution is -0.123. The maximum absolute atomic E-state index is 13.7. The van der Waals surface area contributed by atoms with Gasteiger partial charge in [0.25, 0.3) is 0 Å². The molecule has 1 unspecified atom stereocenters. The number of hydrogen-bond acceptors (Lipinski definition) is 6. The first kappa shape index (κ1) is 25.6. The van der Waals surface area contributed by atoms with Crippen molar-refractivity contribution >= 4 is 21.6 Å².